The van der Waals surface area contributed by atoms with Gasteiger partial charge in [0, 0.05) is 25.8 Å². The van der Waals surface area contributed by atoms with E-state index in [0.29, 0.717) is 31.2 Å². The van der Waals surface area contributed by atoms with Gasteiger partial charge in [-0.15, -0.1) is 0 Å². The topological polar surface area (TPSA) is 64.8 Å². The summed E-state index contributed by atoms with van der Waals surface area (Å²) in [7, 11) is 1.69. The summed E-state index contributed by atoms with van der Waals surface area (Å²) >= 11 is 0. The summed E-state index contributed by atoms with van der Waals surface area (Å²) in [5.74, 6) is 0.618. The maximum atomic E-state index is 12.0. The van der Waals surface area contributed by atoms with Gasteiger partial charge in [0.15, 0.2) is 0 Å². The number of hydrogen-bond donors (Lipinski definition) is 1. The predicted octanol–water partition coefficient (Wildman–Crippen LogP) is 3.31. The van der Waals surface area contributed by atoms with Crippen LogP contribution in [0.15, 0.2) is 0 Å². The Bertz CT molecular complexity index is 335. The molecule has 0 heterocycles. The number of carbonyl (C=O) groups excluding carboxylic acids is 1. The monoisotopic (exact) mass is 326 g/mol. The van der Waals surface area contributed by atoms with Gasteiger partial charge < -0.3 is 20.1 Å². The largest absolute Gasteiger partial charge is 0.382 e. The molecule has 2 fully saturated rings. The first-order valence-electron chi connectivity index (χ1n) is 9.36. The quantitative estimate of drug-likeness (QED) is 0.576. The molecule has 0 aromatic rings. The molecule has 134 valence electrons. The fourth-order valence-electron chi connectivity index (χ4n) is 4.18. The number of nitrogens with two attached hydrogens (primary N) is 1. The summed E-state index contributed by atoms with van der Waals surface area (Å²) in [5, 5.41) is 0. The molecule has 0 bridgehead atoms. The zero-order valence-electron chi connectivity index (χ0n) is 14.7. The summed E-state index contributed by atoms with van der Waals surface area (Å²) in [5.41, 5.74) is 5.75. The zero-order chi connectivity index (χ0) is 16.5. The van der Waals surface area contributed by atoms with Crippen molar-refractivity contribution in [1.82, 2.24) is 4.90 Å². The van der Waals surface area contributed by atoms with Crippen LogP contribution in [0, 0.1) is 5.92 Å². The normalized spacial score (nSPS) is 26.7. The molecule has 0 radical (unpaired) electrons. The van der Waals surface area contributed by atoms with Gasteiger partial charge in [-0.3, -0.25) is 0 Å². The van der Waals surface area contributed by atoms with Crippen molar-refractivity contribution in [2.45, 2.75) is 76.3 Å². The van der Waals surface area contributed by atoms with Crippen LogP contribution in [0.4, 0.5) is 4.79 Å². The van der Waals surface area contributed by atoms with E-state index in [9.17, 15) is 4.79 Å². The molecule has 2 aliphatic carbocycles. The second kappa shape index (κ2) is 10.1. The van der Waals surface area contributed by atoms with E-state index >= 15 is 0 Å². The van der Waals surface area contributed by atoms with E-state index in [1.807, 2.05) is 4.90 Å². The van der Waals surface area contributed by atoms with Crippen molar-refractivity contribution in [1.29, 1.82) is 0 Å². The molecule has 23 heavy (non-hydrogen) atoms. The average Bonchev–Trinajstić information content (AvgIpc) is 2.82. The highest BCUT2D eigenvalue weighted by Crippen LogP contribution is 2.32. The van der Waals surface area contributed by atoms with Crippen LogP contribution in [-0.4, -0.2) is 49.9 Å². The van der Waals surface area contributed by atoms with E-state index < -0.39 is 0 Å². The third-order valence-corrected chi connectivity index (χ3v) is 5.47. The molecule has 5 heteroatoms. The molecule has 0 atom stereocenters. The molecule has 2 aliphatic rings. The molecule has 2 saturated carbocycles. The summed E-state index contributed by atoms with van der Waals surface area (Å²) < 4.78 is 10.7. The van der Waals surface area contributed by atoms with Crippen LogP contribution in [0.2, 0.25) is 0 Å². The van der Waals surface area contributed by atoms with Crippen molar-refractivity contribution in [3.63, 3.8) is 0 Å². The first-order chi connectivity index (χ1) is 11.2. The van der Waals surface area contributed by atoms with Gasteiger partial charge in [0.1, 0.15) is 0 Å². The molecule has 2 rings (SSSR count). The molecule has 0 saturated heterocycles. The van der Waals surface area contributed by atoms with Gasteiger partial charge >= 0.3 is 6.03 Å². The Kier molecular flexibility index (Phi) is 8.17. The number of carbonyl (C=O) groups is 1. The lowest BCUT2D eigenvalue weighted by atomic mass is 9.85. The molecule has 0 aromatic heterocycles. The lowest BCUT2D eigenvalue weighted by molar-refractivity contribution is 0.0336. The maximum Gasteiger partial charge on any atom is 0.315 e. The highest BCUT2D eigenvalue weighted by Gasteiger charge is 2.32. The van der Waals surface area contributed by atoms with Crippen molar-refractivity contribution in [3.05, 3.63) is 0 Å². The Morgan fingerprint density at radius 2 is 1.57 bits per heavy atom. The lowest BCUT2D eigenvalue weighted by Gasteiger charge is -2.40. The van der Waals surface area contributed by atoms with Crippen LogP contribution in [0.25, 0.3) is 0 Å². The van der Waals surface area contributed by atoms with Gasteiger partial charge in [-0.2, -0.15) is 0 Å². The molecule has 2 N–H and O–H groups in total. The fraction of sp³-hybridized carbons (Fsp3) is 0.944. The number of methoxy groups -OCH3 is 1. The van der Waals surface area contributed by atoms with Crippen LogP contribution < -0.4 is 5.73 Å². The van der Waals surface area contributed by atoms with Gasteiger partial charge in [-0.1, -0.05) is 25.7 Å². The van der Waals surface area contributed by atoms with Crippen LogP contribution in [0.1, 0.15) is 64.2 Å². The third-order valence-electron chi connectivity index (χ3n) is 5.47. The van der Waals surface area contributed by atoms with Crippen molar-refractivity contribution in [2.75, 3.05) is 26.9 Å². The number of ether oxygens (including phenoxy) is 2. The van der Waals surface area contributed by atoms with E-state index in [1.54, 1.807) is 7.11 Å². The molecule has 5 nitrogen and oxygen atoms in total. The van der Waals surface area contributed by atoms with Gasteiger partial charge in [-0.25, -0.2) is 4.79 Å². The lowest BCUT2D eigenvalue weighted by Crippen LogP contribution is -2.51. The molecule has 0 aromatic carbocycles. The fourth-order valence-corrected chi connectivity index (χ4v) is 4.18. The van der Waals surface area contributed by atoms with Gasteiger partial charge in [0.05, 0.1) is 13.2 Å². The first-order valence-corrected chi connectivity index (χ1v) is 9.36. The number of amides is 2. The standard InChI is InChI=1S/C18H34N2O3/c1-22-12-13-23-14-15-8-10-17(11-9-15)20(18(19)21)16-6-4-2-3-5-7-16/h15-17H,2-14H2,1H3,(H2,19,21)/t15-,17-. The third kappa shape index (κ3) is 5.96. The van der Waals surface area contributed by atoms with Crippen LogP contribution >= 0.6 is 0 Å². The van der Waals surface area contributed by atoms with E-state index in [1.165, 1.54) is 25.7 Å². The Labute approximate surface area is 140 Å². The zero-order valence-corrected chi connectivity index (χ0v) is 14.7. The summed E-state index contributed by atoms with van der Waals surface area (Å²) in [6, 6.07) is 0.497. The minimum Gasteiger partial charge on any atom is -0.382 e. The molecule has 2 amide bonds. The second-order valence-electron chi connectivity index (χ2n) is 7.13. The van der Waals surface area contributed by atoms with Crippen LogP contribution in [0.5, 0.6) is 0 Å². The Balaban J connectivity index is 1.79. The molecular weight excluding hydrogens is 292 g/mol. The number of primary amides is 1. The van der Waals surface area contributed by atoms with Crippen molar-refractivity contribution in [3.8, 4) is 0 Å². The van der Waals surface area contributed by atoms with E-state index in [0.717, 1.165) is 45.1 Å². The van der Waals surface area contributed by atoms with E-state index in [-0.39, 0.29) is 6.03 Å². The summed E-state index contributed by atoms with van der Waals surface area (Å²) in [6.07, 6.45) is 11.7. The molecule has 0 unspecified atom stereocenters. The van der Waals surface area contributed by atoms with Gasteiger partial charge in [-0.05, 0) is 44.4 Å². The van der Waals surface area contributed by atoms with Crippen molar-refractivity contribution >= 4 is 6.03 Å². The number of rotatable bonds is 7. The summed E-state index contributed by atoms with van der Waals surface area (Å²) in [6.45, 7) is 2.15. The van der Waals surface area contributed by atoms with Crippen molar-refractivity contribution in [2.24, 2.45) is 11.7 Å². The Morgan fingerprint density at radius 1 is 0.957 bits per heavy atom. The first kappa shape index (κ1) is 18.5. The Morgan fingerprint density at radius 3 is 2.13 bits per heavy atom. The van der Waals surface area contributed by atoms with Crippen LogP contribution in [0.3, 0.4) is 0 Å². The molecule has 0 spiro atoms. The molecular formula is C18H34N2O3. The maximum absolute atomic E-state index is 12.0. The smallest absolute Gasteiger partial charge is 0.315 e. The highest BCUT2D eigenvalue weighted by atomic mass is 16.5. The van der Waals surface area contributed by atoms with E-state index in [2.05, 4.69) is 0 Å². The second-order valence-corrected chi connectivity index (χ2v) is 7.13. The number of hydrogen-bond acceptors (Lipinski definition) is 3. The van der Waals surface area contributed by atoms with Crippen molar-refractivity contribution < 1.29 is 14.3 Å². The van der Waals surface area contributed by atoms with Crippen LogP contribution in [-0.2, 0) is 9.47 Å². The highest BCUT2D eigenvalue weighted by molar-refractivity contribution is 5.72. The summed E-state index contributed by atoms with van der Waals surface area (Å²) in [4.78, 5) is 14.1. The minimum absolute atomic E-state index is 0.211. The number of nitrogens with zero attached hydrogens (tertiary/aromatic N) is 1. The molecule has 0 aliphatic heterocycles. The van der Waals surface area contributed by atoms with Gasteiger partial charge in [0.2, 0.25) is 0 Å². The van der Waals surface area contributed by atoms with Gasteiger partial charge in [0.25, 0.3) is 0 Å². The average molecular weight is 326 g/mol. The number of urea groups is 1. The Hall–Kier alpha value is -0.810. The minimum atomic E-state index is -0.211. The van der Waals surface area contributed by atoms with E-state index in [4.69, 9.17) is 15.2 Å². The SMILES string of the molecule is COCCOC[C@H]1CC[C@H](N(C(N)=O)C2CCCCCC2)CC1. The predicted molar refractivity (Wildman–Crippen MR) is 91.4 cm³/mol.